The zero-order valence-corrected chi connectivity index (χ0v) is 12.1. The fourth-order valence-electron chi connectivity index (χ4n) is 2.77. The van der Waals surface area contributed by atoms with Gasteiger partial charge in [-0.2, -0.15) is 0 Å². The molecular formula is C17H19N3O. The van der Waals surface area contributed by atoms with Gasteiger partial charge >= 0.3 is 0 Å². The quantitative estimate of drug-likeness (QED) is 0.847. The molecule has 4 heteroatoms. The molecule has 2 heterocycles. The maximum absolute atomic E-state index is 12.6. The van der Waals surface area contributed by atoms with Gasteiger partial charge in [0.15, 0.2) is 0 Å². The third-order valence-corrected chi connectivity index (χ3v) is 4.03. The molecule has 0 unspecified atom stereocenters. The molecule has 1 fully saturated rings. The number of carbonyl (C=O) groups is 1. The molecule has 2 aromatic rings. The second kappa shape index (κ2) is 6.06. The second-order valence-electron chi connectivity index (χ2n) is 5.40. The number of piperazine rings is 1. The lowest BCUT2D eigenvalue weighted by molar-refractivity contribution is 0.0546. The Morgan fingerprint density at radius 1 is 1.14 bits per heavy atom. The molecule has 1 saturated heterocycles. The monoisotopic (exact) mass is 281 g/mol. The van der Waals surface area contributed by atoms with Gasteiger partial charge < -0.3 is 4.90 Å². The summed E-state index contributed by atoms with van der Waals surface area (Å²) < 4.78 is 0. The lowest BCUT2D eigenvalue weighted by Crippen LogP contribution is -2.49. The van der Waals surface area contributed by atoms with E-state index in [1.165, 1.54) is 5.56 Å². The molecule has 108 valence electrons. The molecular weight excluding hydrogens is 262 g/mol. The van der Waals surface area contributed by atoms with Crippen LogP contribution in [0.5, 0.6) is 0 Å². The largest absolute Gasteiger partial charge is 0.335 e. The van der Waals surface area contributed by atoms with E-state index in [2.05, 4.69) is 29.1 Å². The highest BCUT2D eigenvalue weighted by molar-refractivity contribution is 5.94. The van der Waals surface area contributed by atoms with E-state index in [4.69, 9.17) is 0 Å². The number of carbonyl (C=O) groups excluding carboxylic acids is 1. The minimum atomic E-state index is 0.0668. The molecule has 1 aliphatic heterocycles. The first-order valence-electron chi connectivity index (χ1n) is 7.20. The summed E-state index contributed by atoms with van der Waals surface area (Å²) in [7, 11) is 2.11. The molecule has 3 rings (SSSR count). The maximum atomic E-state index is 12.6. The number of likely N-dealkylation sites (N-methyl/N-ethyl adjacent to an activating group) is 1. The zero-order chi connectivity index (χ0) is 14.7. The van der Waals surface area contributed by atoms with Crippen molar-refractivity contribution >= 4 is 5.91 Å². The molecule has 1 atom stereocenters. The minimum Gasteiger partial charge on any atom is -0.335 e. The maximum Gasteiger partial charge on any atom is 0.255 e. The lowest BCUT2D eigenvalue weighted by atomic mass is 10.0. The van der Waals surface area contributed by atoms with Crippen LogP contribution in [-0.4, -0.2) is 47.4 Å². The van der Waals surface area contributed by atoms with Crippen molar-refractivity contribution in [2.24, 2.45) is 0 Å². The van der Waals surface area contributed by atoms with Crippen LogP contribution in [0.3, 0.4) is 0 Å². The van der Waals surface area contributed by atoms with E-state index in [1.807, 2.05) is 29.2 Å². The van der Waals surface area contributed by atoms with Crippen molar-refractivity contribution in [3.05, 3.63) is 66.0 Å². The number of hydrogen-bond acceptors (Lipinski definition) is 3. The normalized spacial score (nSPS) is 19.5. The fraction of sp³-hybridized carbons (Fsp3) is 0.294. The third-order valence-electron chi connectivity index (χ3n) is 4.03. The van der Waals surface area contributed by atoms with Gasteiger partial charge in [-0.1, -0.05) is 30.3 Å². The van der Waals surface area contributed by atoms with E-state index < -0.39 is 0 Å². The van der Waals surface area contributed by atoms with Crippen molar-refractivity contribution in [2.45, 2.75) is 6.04 Å². The highest BCUT2D eigenvalue weighted by Gasteiger charge is 2.28. The molecule has 1 amide bonds. The Labute approximate surface area is 125 Å². The summed E-state index contributed by atoms with van der Waals surface area (Å²) in [5.41, 5.74) is 1.91. The topological polar surface area (TPSA) is 36.4 Å². The van der Waals surface area contributed by atoms with E-state index in [1.54, 1.807) is 18.5 Å². The molecule has 1 aromatic heterocycles. The van der Waals surface area contributed by atoms with E-state index >= 15 is 0 Å². The predicted octanol–water partition coefficient (Wildman–Crippen LogP) is 2.21. The van der Waals surface area contributed by atoms with E-state index in [0.717, 1.165) is 13.1 Å². The molecule has 1 aromatic carbocycles. The number of amides is 1. The Kier molecular flexibility index (Phi) is 3.97. The molecule has 0 saturated carbocycles. The van der Waals surface area contributed by atoms with E-state index in [9.17, 15) is 4.79 Å². The van der Waals surface area contributed by atoms with Crippen LogP contribution >= 0.6 is 0 Å². The average molecular weight is 281 g/mol. The summed E-state index contributed by atoms with van der Waals surface area (Å²) in [6.45, 7) is 2.35. The van der Waals surface area contributed by atoms with E-state index in [-0.39, 0.29) is 11.9 Å². The van der Waals surface area contributed by atoms with Crippen LogP contribution in [0.4, 0.5) is 0 Å². The second-order valence-corrected chi connectivity index (χ2v) is 5.40. The molecule has 0 radical (unpaired) electrons. The smallest absolute Gasteiger partial charge is 0.255 e. The van der Waals surface area contributed by atoms with Gasteiger partial charge in [-0.15, -0.1) is 0 Å². The summed E-state index contributed by atoms with van der Waals surface area (Å²) in [6.07, 6.45) is 3.33. The summed E-state index contributed by atoms with van der Waals surface area (Å²) in [4.78, 5) is 20.8. The Morgan fingerprint density at radius 2 is 1.95 bits per heavy atom. The van der Waals surface area contributed by atoms with E-state index in [0.29, 0.717) is 12.1 Å². The highest BCUT2D eigenvalue weighted by atomic mass is 16.2. The molecule has 1 aliphatic rings. The van der Waals surface area contributed by atoms with Crippen molar-refractivity contribution in [1.29, 1.82) is 0 Å². The first kappa shape index (κ1) is 13.8. The molecule has 21 heavy (non-hydrogen) atoms. The lowest BCUT2D eigenvalue weighted by Gasteiger charge is -2.39. The van der Waals surface area contributed by atoms with Gasteiger partial charge in [0.25, 0.3) is 5.91 Å². The summed E-state index contributed by atoms with van der Waals surface area (Å²) >= 11 is 0. The van der Waals surface area contributed by atoms with Crippen molar-refractivity contribution in [1.82, 2.24) is 14.8 Å². The van der Waals surface area contributed by atoms with Crippen LogP contribution < -0.4 is 0 Å². The van der Waals surface area contributed by atoms with Crippen molar-refractivity contribution in [3.63, 3.8) is 0 Å². The van der Waals surface area contributed by atoms with Crippen molar-refractivity contribution in [3.8, 4) is 0 Å². The first-order chi connectivity index (χ1) is 10.3. The Hall–Kier alpha value is -2.20. The zero-order valence-electron chi connectivity index (χ0n) is 12.1. The first-order valence-corrected chi connectivity index (χ1v) is 7.20. The number of rotatable bonds is 2. The molecule has 0 N–H and O–H groups in total. The van der Waals surface area contributed by atoms with Gasteiger partial charge in [-0.25, -0.2) is 0 Å². The van der Waals surface area contributed by atoms with Gasteiger partial charge in [0.1, 0.15) is 0 Å². The number of pyridine rings is 1. The van der Waals surface area contributed by atoms with Crippen LogP contribution in [0.25, 0.3) is 0 Å². The van der Waals surface area contributed by atoms with Crippen molar-refractivity contribution < 1.29 is 4.79 Å². The van der Waals surface area contributed by atoms with Gasteiger partial charge in [-0.05, 0) is 24.7 Å². The highest BCUT2D eigenvalue weighted by Crippen LogP contribution is 2.24. The average Bonchev–Trinajstić information content (AvgIpc) is 2.56. The third kappa shape index (κ3) is 2.95. The number of aromatic nitrogens is 1. The summed E-state index contributed by atoms with van der Waals surface area (Å²) in [5.74, 6) is 0.0668. The van der Waals surface area contributed by atoms with Gasteiger partial charge in [0.2, 0.25) is 0 Å². The van der Waals surface area contributed by atoms with Gasteiger partial charge in [0, 0.05) is 32.0 Å². The Balaban J connectivity index is 1.78. The molecule has 4 nitrogen and oxygen atoms in total. The molecule has 0 bridgehead atoms. The SMILES string of the molecule is CN1CCN(C(=O)c2cccnc2)C[C@H]1c1ccccc1. The Bertz CT molecular complexity index is 600. The number of nitrogens with zero attached hydrogens (tertiary/aromatic N) is 3. The van der Waals surface area contributed by atoms with Crippen LogP contribution in [0.2, 0.25) is 0 Å². The molecule has 0 spiro atoms. The summed E-state index contributed by atoms with van der Waals surface area (Å²) in [6, 6.07) is 14.2. The van der Waals surface area contributed by atoms with Crippen LogP contribution in [0.1, 0.15) is 22.0 Å². The standard InChI is InChI=1S/C17H19N3O/c1-19-10-11-20(17(21)15-8-5-9-18-12-15)13-16(19)14-6-3-2-4-7-14/h2-9,12,16H,10-11,13H2,1H3/t16-/m0/s1. The number of benzene rings is 1. The van der Waals surface area contributed by atoms with Crippen LogP contribution in [0.15, 0.2) is 54.9 Å². The van der Waals surface area contributed by atoms with Crippen LogP contribution in [-0.2, 0) is 0 Å². The minimum absolute atomic E-state index is 0.0668. The predicted molar refractivity (Wildman–Crippen MR) is 82.0 cm³/mol. The van der Waals surface area contributed by atoms with Gasteiger partial charge in [0.05, 0.1) is 11.6 Å². The summed E-state index contributed by atoms with van der Waals surface area (Å²) in [5, 5.41) is 0. The fourth-order valence-corrected chi connectivity index (χ4v) is 2.77. The van der Waals surface area contributed by atoms with Crippen molar-refractivity contribution in [2.75, 3.05) is 26.7 Å². The Morgan fingerprint density at radius 3 is 2.67 bits per heavy atom. The van der Waals surface area contributed by atoms with Gasteiger partial charge in [-0.3, -0.25) is 14.7 Å². The number of hydrogen-bond donors (Lipinski definition) is 0. The molecule has 0 aliphatic carbocycles. The van der Waals surface area contributed by atoms with Crippen LogP contribution in [0, 0.1) is 0 Å².